The summed E-state index contributed by atoms with van der Waals surface area (Å²) in [6.07, 6.45) is 0. The van der Waals surface area contributed by atoms with Crippen molar-refractivity contribution in [3.8, 4) is 11.4 Å². The molecule has 0 amide bonds. The molecule has 4 nitrogen and oxygen atoms in total. The van der Waals surface area contributed by atoms with Gasteiger partial charge in [-0.25, -0.2) is 4.39 Å². The van der Waals surface area contributed by atoms with Gasteiger partial charge in [0, 0.05) is 10.6 Å². The Hall–Kier alpha value is -2.27. The van der Waals surface area contributed by atoms with Crippen LogP contribution < -0.4 is 0 Å². The van der Waals surface area contributed by atoms with Gasteiger partial charge in [-0.3, -0.25) is 0 Å². The lowest BCUT2D eigenvalue weighted by Crippen LogP contribution is -2.03. The van der Waals surface area contributed by atoms with Gasteiger partial charge in [0.05, 0.1) is 6.54 Å². The predicted molar refractivity (Wildman–Crippen MR) is 73.8 cm³/mol. The van der Waals surface area contributed by atoms with E-state index in [1.807, 2.05) is 24.3 Å². The molecule has 1 aromatic heterocycles. The lowest BCUT2D eigenvalue weighted by atomic mass is 10.2. The average Bonchev–Trinajstić information content (AvgIpc) is 2.88. The molecule has 1 heterocycles. The Morgan fingerprint density at radius 3 is 2.65 bits per heavy atom. The van der Waals surface area contributed by atoms with Crippen molar-refractivity contribution in [1.29, 1.82) is 0 Å². The van der Waals surface area contributed by atoms with Crippen molar-refractivity contribution in [3.05, 3.63) is 64.9 Å². The Labute approximate surface area is 119 Å². The van der Waals surface area contributed by atoms with Gasteiger partial charge in [-0.1, -0.05) is 23.7 Å². The van der Waals surface area contributed by atoms with E-state index in [0.29, 0.717) is 17.4 Å². The molecule has 0 aliphatic rings. The molecule has 0 aliphatic heterocycles. The van der Waals surface area contributed by atoms with E-state index in [-0.39, 0.29) is 5.82 Å². The van der Waals surface area contributed by atoms with Gasteiger partial charge in [-0.2, -0.15) is 4.80 Å². The van der Waals surface area contributed by atoms with Crippen molar-refractivity contribution in [3.63, 3.8) is 0 Å². The monoisotopic (exact) mass is 288 g/mol. The highest BCUT2D eigenvalue weighted by molar-refractivity contribution is 6.30. The molecular weight excluding hydrogens is 279 g/mol. The average molecular weight is 289 g/mol. The van der Waals surface area contributed by atoms with Crippen LogP contribution in [0.25, 0.3) is 11.4 Å². The van der Waals surface area contributed by atoms with E-state index in [1.54, 1.807) is 12.1 Å². The first kappa shape index (κ1) is 12.7. The summed E-state index contributed by atoms with van der Waals surface area (Å²) in [6, 6.07) is 13.4. The molecule has 0 spiro atoms. The highest BCUT2D eigenvalue weighted by Gasteiger charge is 2.06. The summed E-state index contributed by atoms with van der Waals surface area (Å²) in [5, 5.41) is 12.9. The third-order valence-corrected chi connectivity index (χ3v) is 3.00. The first-order valence-electron chi connectivity index (χ1n) is 5.99. The summed E-state index contributed by atoms with van der Waals surface area (Å²) in [5.74, 6) is 0.173. The number of hydrogen-bond acceptors (Lipinski definition) is 3. The Balaban J connectivity index is 1.82. The molecule has 100 valence electrons. The second kappa shape index (κ2) is 5.38. The topological polar surface area (TPSA) is 43.6 Å². The summed E-state index contributed by atoms with van der Waals surface area (Å²) in [7, 11) is 0. The molecule has 0 bridgehead atoms. The van der Waals surface area contributed by atoms with Crippen molar-refractivity contribution in [2.24, 2.45) is 0 Å². The smallest absolute Gasteiger partial charge is 0.204 e. The first-order valence-corrected chi connectivity index (χ1v) is 6.37. The fourth-order valence-corrected chi connectivity index (χ4v) is 2.04. The zero-order chi connectivity index (χ0) is 13.9. The number of aromatic nitrogens is 4. The molecule has 20 heavy (non-hydrogen) atoms. The lowest BCUT2D eigenvalue weighted by Gasteiger charge is -1.99. The van der Waals surface area contributed by atoms with Crippen LogP contribution in [0.2, 0.25) is 5.02 Å². The molecule has 0 atom stereocenters. The van der Waals surface area contributed by atoms with Gasteiger partial charge in [-0.05, 0) is 47.2 Å². The van der Waals surface area contributed by atoms with Crippen LogP contribution in [-0.2, 0) is 6.54 Å². The second-order valence-electron chi connectivity index (χ2n) is 4.28. The number of benzene rings is 2. The van der Waals surface area contributed by atoms with Gasteiger partial charge in [-0.15, -0.1) is 10.2 Å². The molecule has 3 aromatic rings. The van der Waals surface area contributed by atoms with E-state index in [0.717, 1.165) is 11.1 Å². The third-order valence-electron chi connectivity index (χ3n) is 2.77. The molecule has 0 radical (unpaired) electrons. The Kier molecular flexibility index (Phi) is 3.43. The van der Waals surface area contributed by atoms with Crippen LogP contribution in [0.5, 0.6) is 0 Å². The standard InChI is InChI=1S/C14H10ClFN4/c15-12-3-1-2-10(8-12)9-20-18-14(17-19-20)11-4-6-13(16)7-5-11/h1-8H,9H2. The van der Waals surface area contributed by atoms with E-state index >= 15 is 0 Å². The third kappa shape index (κ3) is 2.83. The van der Waals surface area contributed by atoms with Crippen LogP contribution in [0.3, 0.4) is 0 Å². The number of rotatable bonds is 3. The van der Waals surface area contributed by atoms with E-state index in [9.17, 15) is 4.39 Å². The molecule has 0 saturated heterocycles. The van der Waals surface area contributed by atoms with Gasteiger partial charge in [0.2, 0.25) is 5.82 Å². The van der Waals surface area contributed by atoms with Crippen molar-refractivity contribution in [2.75, 3.05) is 0 Å². The summed E-state index contributed by atoms with van der Waals surface area (Å²) in [4.78, 5) is 1.48. The molecule has 0 unspecified atom stereocenters. The largest absolute Gasteiger partial charge is 0.207 e. The quantitative estimate of drug-likeness (QED) is 0.743. The zero-order valence-corrected chi connectivity index (χ0v) is 11.1. The van der Waals surface area contributed by atoms with E-state index in [2.05, 4.69) is 15.4 Å². The second-order valence-corrected chi connectivity index (χ2v) is 4.72. The zero-order valence-electron chi connectivity index (χ0n) is 10.4. The van der Waals surface area contributed by atoms with Crippen LogP contribution >= 0.6 is 11.6 Å². The molecule has 0 saturated carbocycles. The number of tetrazole rings is 1. The minimum Gasteiger partial charge on any atom is -0.207 e. The summed E-state index contributed by atoms with van der Waals surface area (Å²) in [6.45, 7) is 0.481. The molecule has 0 N–H and O–H groups in total. The number of halogens is 2. The molecule has 6 heteroatoms. The fourth-order valence-electron chi connectivity index (χ4n) is 1.82. The van der Waals surface area contributed by atoms with Crippen LogP contribution in [0.4, 0.5) is 4.39 Å². The van der Waals surface area contributed by atoms with Crippen molar-refractivity contribution < 1.29 is 4.39 Å². The number of hydrogen-bond donors (Lipinski definition) is 0. The Bertz CT molecular complexity index is 724. The minimum absolute atomic E-state index is 0.292. The maximum atomic E-state index is 12.9. The van der Waals surface area contributed by atoms with E-state index < -0.39 is 0 Å². The van der Waals surface area contributed by atoms with Crippen molar-refractivity contribution in [2.45, 2.75) is 6.54 Å². The fraction of sp³-hybridized carbons (Fsp3) is 0.0714. The van der Waals surface area contributed by atoms with Crippen LogP contribution in [0.1, 0.15) is 5.56 Å². The van der Waals surface area contributed by atoms with Gasteiger partial charge in [0.15, 0.2) is 0 Å². The maximum Gasteiger partial charge on any atom is 0.204 e. The minimum atomic E-state index is -0.292. The van der Waals surface area contributed by atoms with Gasteiger partial charge in [0.1, 0.15) is 5.82 Å². The SMILES string of the molecule is Fc1ccc(-c2nnn(Cc3cccc(Cl)c3)n2)cc1. The van der Waals surface area contributed by atoms with Gasteiger partial charge >= 0.3 is 0 Å². The van der Waals surface area contributed by atoms with Crippen LogP contribution in [0.15, 0.2) is 48.5 Å². The van der Waals surface area contributed by atoms with Gasteiger partial charge < -0.3 is 0 Å². The lowest BCUT2D eigenvalue weighted by molar-refractivity contribution is 0.573. The van der Waals surface area contributed by atoms with Crippen molar-refractivity contribution in [1.82, 2.24) is 20.2 Å². The van der Waals surface area contributed by atoms with Crippen LogP contribution in [0, 0.1) is 5.82 Å². The Morgan fingerprint density at radius 2 is 1.90 bits per heavy atom. The summed E-state index contributed by atoms with van der Waals surface area (Å²) in [5.41, 5.74) is 1.71. The molecular formula is C14H10ClFN4. The van der Waals surface area contributed by atoms with Crippen molar-refractivity contribution >= 4 is 11.6 Å². The Morgan fingerprint density at radius 1 is 1.10 bits per heavy atom. The molecule has 2 aromatic carbocycles. The highest BCUT2D eigenvalue weighted by atomic mass is 35.5. The first-order chi connectivity index (χ1) is 9.70. The normalized spacial score (nSPS) is 10.7. The maximum absolute atomic E-state index is 12.9. The summed E-state index contributed by atoms with van der Waals surface area (Å²) < 4.78 is 12.9. The molecule has 0 fully saturated rings. The summed E-state index contributed by atoms with van der Waals surface area (Å²) >= 11 is 5.93. The van der Waals surface area contributed by atoms with E-state index in [4.69, 9.17) is 11.6 Å². The van der Waals surface area contributed by atoms with Crippen LogP contribution in [-0.4, -0.2) is 20.2 Å². The van der Waals surface area contributed by atoms with Gasteiger partial charge in [0.25, 0.3) is 0 Å². The predicted octanol–water partition coefficient (Wildman–Crippen LogP) is 3.18. The number of nitrogens with zero attached hydrogens (tertiary/aromatic N) is 4. The molecule has 3 rings (SSSR count). The molecule has 0 aliphatic carbocycles. The van der Waals surface area contributed by atoms with E-state index in [1.165, 1.54) is 16.9 Å². The highest BCUT2D eigenvalue weighted by Crippen LogP contribution is 2.15.